The molecule has 4 heteroatoms. The van der Waals surface area contributed by atoms with Gasteiger partial charge in [-0.05, 0) is 31.4 Å². The van der Waals surface area contributed by atoms with E-state index in [0.29, 0.717) is 17.1 Å². The third kappa shape index (κ3) is 3.72. The molecule has 0 bridgehead atoms. The molecule has 0 radical (unpaired) electrons. The van der Waals surface area contributed by atoms with Crippen LogP contribution in [0.1, 0.15) is 24.5 Å². The Morgan fingerprint density at radius 2 is 2.10 bits per heavy atom. The Kier molecular flexibility index (Phi) is 4.56. The van der Waals surface area contributed by atoms with E-state index in [4.69, 9.17) is 11.0 Å². The molecule has 1 unspecified atom stereocenters. The average Bonchev–Trinajstić information content (AvgIpc) is 2.48. The van der Waals surface area contributed by atoms with Crippen molar-refractivity contribution in [3.8, 4) is 6.07 Å². The molecular formula is C16H18N4. The van der Waals surface area contributed by atoms with E-state index in [1.165, 1.54) is 5.56 Å². The van der Waals surface area contributed by atoms with E-state index < -0.39 is 0 Å². The molecular weight excluding hydrogens is 248 g/mol. The van der Waals surface area contributed by atoms with Crippen LogP contribution in [0.15, 0.2) is 42.6 Å². The molecule has 102 valence electrons. The maximum atomic E-state index is 9.08. The smallest absolute Gasteiger partial charge is 0.144 e. The van der Waals surface area contributed by atoms with Crippen LogP contribution in [-0.4, -0.2) is 11.0 Å². The molecule has 0 fully saturated rings. The number of pyridine rings is 1. The Labute approximate surface area is 119 Å². The van der Waals surface area contributed by atoms with Crippen molar-refractivity contribution in [2.24, 2.45) is 0 Å². The summed E-state index contributed by atoms with van der Waals surface area (Å²) >= 11 is 0. The van der Waals surface area contributed by atoms with Crippen LogP contribution in [0.3, 0.4) is 0 Å². The molecule has 20 heavy (non-hydrogen) atoms. The standard InChI is InChI=1S/C16H18N4/c1-12(7-8-13-5-3-2-4-6-13)20-16-14(10-17)9-15(18)11-19-16/h2-6,9,11-12H,7-8,18H2,1H3,(H,19,20). The number of rotatable bonds is 5. The summed E-state index contributed by atoms with van der Waals surface area (Å²) in [5.74, 6) is 0.599. The van der Waals surface area contributed by atoms with Crippen LogP contribution in [0.4, 0.5) is 11.5 Å². The first-order valence-electron chi connectivity index (χ1n) is 6.65. The van der Waals surface area contributed by atoms with Gasteiger partial charge in [0.2, 0.25) is 0 Å². The van der Waals surface area contributed by atoms with Crippen LogP contribution in [0, 0.1) is 11.3 Å². The number of hydrogen-bond donors (Lipinski definition) is 2. The second kappa shape index (κ2) is 6.58. The van der Waals surface area contributed by atoms with Crippen molar-refractivity contribution in [2.45, 2.75) is 25.8 Å². The predicted molar refractivity (Wildman–Crippen MR) is 81.2 cm³/mol. The van der Waals surface area contributed by atoms with Gasteiger partial charge in [0, 0.05) is 6.04 Å². The first kappa shape index (κ1) is 13.9. The summed E-state index contributed by atoms with van der Waals surface area (Å²) < 4.78 is 0. The van der Waals surface area contributed by atoms with Crippen molar-refractivity contribution in [1.29, 1.82) is 5.26 Å². The van der Waals surface area contributed by atoms with E-state index in [1.807, 2.05) is 18.2 Å². The lowest BCUT2D eigenvalue weighted by Gasteiger charge is -2.15. The molecule has 0 amide bonds. The lowest BCUT2D eigenvalue weighted by Crippen LogP contribution is -2.17. The number of benzene rings is 1. The van der Waals surface area contributed by atoms with Crippen molar-refractivity contribution in [3.63, 3.8) is 0 Å². The molecule has 2 rings (SSSR count). The van der Waals surface area contributed by atoms with E-state index in [9.17, 15) is 0 Å². The first-order chi connectivity index (χ1) is 9.69. The van der Waals surface area contributed by atoms with Gasteiger partial charge in [-0.1, -0.05) is 30.3 Å². The monoisotopic (exact) mass is 266 g/mol. The normalized spacial score (nSPS) is 11.6. The topological polar surface area (TPSA) is 74.7 Å². The van der Waals surface area contributed by atoms with Crippen LogP contribution in [-0.2, 0) is 6.42 Å². The van der Waals surface area contributed by atoms with Crippen molar-refractivity contribution in [2.75, 3.05) is 11.1 Å². The van der Waals surface area contributed by atoms with E-state index >= 15 is 0 Å². The van der Waals surface area contributed by atoms with E-state index in [-0.39, 0.29) is 6.04 Å². The highest BCUT2D eigenvalue weighted by atomic mass is 15.0. The van der Waals surface area contributed by atoms with Gasteiger partial charge in [-0.2, -0.15) is 5.26 Å². The van der Waals surface area contributed by atoms with Gasteiger partial charge >= 0.3 is 0 Å². The number of nitrogens with one attached hydrogen (secondary N) is 1. The lowest BCUT2D eigenvalue weighted by molar-refractivity contribution is 0.702. The summed E-state index contributed by atoms with van der Waals surface area (Å²) in [4.78, 5) is 4.19. The first-order valence-corrected chi connectivity index (χ1v) is 6.65. The Morgan fingerprint density at radius 1 is 1.35 bits per heavy atom. The van der Waals surface area contributed by atoms with E-state index in [0.717, 1.165) is 12.8 Å². The summed E-state index contributed by atoms with van der Waals surface area (Å²) in [5.41, 5.74) is 7.93. The van der Waals surface area contributed by atoms with Crippen molar-refractivity contribution >= 4 is 11.5 Å². The lowest BCUT2D eigenvalue weighted by atomic mass is 10.1. The van der Waals surface area contributed by atoms with E-state index in [1.54, 1.807) is 12.3 Å². The molecule has 0 saturated heterocycles. The fourth-order valence-corrected chi connectivity index (χ4v) is 2.01. The molecule has 0 saturated carbocycles. The number of aryl methyl sites for hydroxylation is 1. The zero-order valence-electron chi connectivity index (χ0n) is 11.5. The number of hydrogen-bond acceptors (Lipinski definition) is 4. The Bertz CT molecular complexity index is 602. The molecule has 3 N–H and O–H groups in total. The third-order valence-electron chi connectivity index (χ3n) is 3.12. The molecule has 1 heterocycles. The zero-order valence-corrected chi connectivity index (χ0v) is 11.5. The molecule has 1 atom stereocenters. The molecule has 1 aromatic heterocycles. The molecule has 0 aliphatic rings. The number of nitrogens with two attached hydrogens (primary N) is 1. The second-order valence-electron chi connectivity index (χ2n) is 4.85. The van der Waals surface area contributed by atoms with Crippen LogP contribution in [0.2, 0.25) is 0 Å². The van der Waals surface area contributed by atoms with Crippen LogP contribution in [0.25, 0.3) is 0 Å². The van der Waals surface area contributed by atoms with Crippen LogP contribution >= 0.6 is 0 Å². The van der Waals surface area contributed by atoms with Gasteiger partial charge in [0.1, 0.15) is 11.9 Å². The molecule has 0 spiro atoms. The number of nitrogens with zero attached hydrogens (tertiary/aromatic N) is 2. The van der Waals surface area contributed by atoms with Crippen LogP contribution in [0.5, 0.6) is 0 Å². The van der Waals surface area contributed by atoms with Gasteiger partial charge in [-0.15, -0.1) is 0 Å². The number of anilines is 2. The van der Waals surface area contributed by atoms with E-state index in [2.05, 4.69) is 35.4 Å². The molecule has 2 aromatic rings. The summed E-state index contributed by atoms with van der Waals surface area (Å²) in [6.45, 7) is 2.09. The summed E-state index contributed by atoms with van der Waals surface area (Å²) in [6, 6.07) is 14.3. The Morgan fingerprint density at radius 3 is 2.80 bits per heavy atom. The summed E-state index contributed by atoms with van der Waals surface area (Å²) in [5, 5.41) is 12.3. The highest BCUT2D eigenvalue weighted by molar-refractivity contribution is 5.57. The molecule has 4 nitrogen and oxygen atoms in total. The van der Waals surface area contributed by atoms with Crippen molar-refractivity contribution < 1.29 is 0 Å². The number of aromatic nitrogens is 1. The average molecular weight is 266 g/mol. The minimum Gasteiger partial charge on any atom is -0.397 e. The predicted octanol–water partition coefficient (Wildman–Crippen LogP) is 2.97. The van der Waals surface area contributed by atoms with Gasteiger partial charge in [0.15, 0.2) is 0 Å². The van der Waals surface area contributed by atoms with Gasteiger partial charge < -0.3 is 11.1 Å². The highest BCUT2D eigenvalue weighted by Crippen LogP contribution is 2.16. The maximum absolute atomic E-state index is 9.08. The molecule has 0 aliphatic carbocycles. The fourth-order valence-electron chi connectivity index (χ4n) is 2.01. The quantitative estimate of drug-likeness (QED) is 0.872. The largest absolute Gasteiger partial charge is 0.397 e. The molecule has 0 aliphatic heterocycles. The van der Waals surface area contributed by atoms with Crippen molar-refractivity contribution in [1.82, 2.24) is 4.98 Å². The SMILES string of the molecule is CC(CCc1ccccc1)Nc1ncc(N)cc1C#N. The second-order valence-corrected chi connectivity index (χ2v) is 4.85. The minimum absolute atomic E-state index is 0.235. The highest BCUT2D eigenvalue weighted by Gasteiger charge is 2.08. The summed E-state index contributed by atoms with van der Waals surface area (Å²) in [7, 11) is 0. The van der Waals surface area contributed by atoms with Gasteiger partial charge in [-0.25, -0.2) is 4.98 Å². The molecule has 1 aromatic carbocycles. The van der Waals surface area contributed by atoms with Crippen LogP contribution < -0.4 is 11.1 Å². The zero-order chi connectivity index (χ0) is 14.4. The number of nitrogen functional groups attached to an aromatic ring is 1. The summed E-state index contributed by atoms with van der Waals surface area (Å²) in [6.07, 6.45) is 3.53. The Balaban J connectivity index is 1.95. The maximum Gasteiger partial charge on any atom is 0.144 e. The minimum atomic E-state index is 0.235. The van der Waals surface area contributed by atoms with Gasteiger partial charge in [0.05, 0.1) is 17.4 Å². The fraction of sp³-hybridized carbons (Fsp3) is 0.250. The third-order valence-corrected chi connectivity index (χ3v) is 3.12. The Hall–Kier alpha value is -2.54. The van der Waals surface area contributed by atoms with Gasteiger partial charge in [-0.3, -0.25) is 0 Å². The number of nitriles is 1. The van der Waals surface area contributed by atoms with Gasteiger partial charge in [0.25, 0.3) is 0 Å². The van der Waals surface area contributed by atoms with Crippen molar-refractivity contribution in [3.05, 3.63) is 53.7 Å².